The van der Waals surface area contributed by atoms with Gasteiger partial charge in [0.2, 0.25) is 12.6 Å². The molecule has 2 aromatic rings. The van der Waals surface area contributed by atoms with Crippen molar-refractivity contribution in [3.8, 4) is 11.5 Å². The summed E-state index contributed by atoms with van der Waals surface area (Å²) in [6.07, 6.45) is 0.223. The molecule has 9 nitrogen and oxygen atoms in total. The molecular formula is C23H25N3O6. The molecule has 9 heteroatoms. The van der Waals surface area contributed by atoms with Gasteiger partial charge in [-0.25, -0.2) is 4.79 Å². The van der Waals surface area contributed by atoms with E-state index in [1.165, 1.54) is 13.8 Å². The molecule has 1 aromatic heterocycles. The normalized spacial score (nSPS) is 20.5. The molecule has 3 amide bonds. The fourth-order valence-electron chi connectivity index (χ4n) is 4.49. The molecule has 0 saturated carbocycles. The molecule has 3 heterocycles. The molecule has 0 aliphatic carbocycles. The van der Waals surface area contributed by atoms with Crippen LogP contribution in [0.4, 0.5) is 4.79 Å². The van der Waals surface area contributed by atoms with Crippen molar-refractivity contribution in [2.75, 3.05) is 6.79 Å². The summed E-state index contributed by atoms with van der Waals surface area (Å²) in [5, 5.41) is 2.73. The van der Waals surface area contributed by atoms with Crippen LogP contribution in [0.2, 0.25) is 0 Å². The van der Waals surface area contributed by atoms with E-state index in [1.54, 1.807) is 32.9 Å². The van der Waals surface area contributed by atoms with Crippen LogP contribution in [0.5, 0.6) is 11.5 Å². The molecule has 0 bridgehead atoms. The zero-order chi connectivity index (χ0) is 23.4. The summed E-state index contributed by atoms with van der Waals surface area (Å²) in [6.45, 7) is 8.10. The van der Waals surface area contributed by atoms with E-state index in [9.17, 15) is 19.2 Å². The third-order valence-corrected chi connectivity index (χ3v) is 6.09. The Morgan fingerprint density at radius 2 is 1.88 bits per heavy atom. The largest absolute Gasteiger partial charge is 0.454 e. The molecule has 168 valence electrons. The van der Waals surface area contributed by atoms with Crippen molar-refractivity contribution in [1.29, 1.82) is 0 Å². The van der Waals surface area contributed by atoms with Gasteiger partial charge in [0.05, 0.1) is 5.69 Å². The number of imide groups is 1. The van der Waals surface area contributed by atoms with E-state index in [-0.39, 0.29) is 24.7 Å². The Bertz CT molecular complexity index is 1170. The third kappa shape index (κ3) is 3.34. The maximum Gasteiger partial charge on any atom is 0.325 e. The fourth-order valence-corrected chi connectivity index (χ4v) is 4.49. The highest BCUT2D eigenvalue weighted by Crippen LogP contribution is 2.34. The number of ketones is 2. The van der Waals surface area contributed by atoms with Gasteiger partial charge in [-0.2, -0.15) is 0 Å². The molecule has 1 aromatic carbocycles. The predicted molar refractivity (Wildman–Crippen MR) is 114 cm³/mol. The van der Waals surface area contributed by atoms with Crippen LogP contribution in [0.25, 0.3) is 0 Å². The minimum absolute atomic E-state index is 0.141. The standard InChI is InChI=1S/C23H25N3O6/c1-11-18(14(4)27)12(2)24-19(11)20(28)13(3)26-21(29)23(5,25-22(26)30)9-15-6-7-16-17(8-15)32-10-31-16/h6-8,13,24H,9-10H2,1-5H3,(H,25,30)/t13-,23+/m1/s1. The van der Waals surface area contributed by atoms with Crippen LogP contribution in [-0.4, -0.2) is 51.8 Å². The average molecular weight is 439 g/mol. The second-order valence-electron chi connectivity index (χ2n) is 8.52. The number of benzene rings is 1. The minimum atomic E-state index is -1.22. The second kappa shape index (κ2) is 7.51. The zero-order valence-corrected chi connectivity index (χ0v) is 18.6. The van der Waals surface area contributed by atoms with Gasteiger partial charge in [0, 0.05) is 17.7 Å². The highest BCUT2D eigenvalue weighted by Gasteiger charge is 2.51. The fraction of sp³-hybridized carbons (Fsp3) is 0.391. The summed E-state index contributed by atoms with van der Waals surface area (Å²) in [7, 11) is 0. The number of rotatable bonds is 6. The maximum atomic E-state index is 13.3. The molecule has 0 spiro atoms. The molecule has 0 unspecified atom stereocenters. The quantitative estimate of drug-likeness (QED) is 0.528. The van der Waals surface area contributed by atoms with Gasteiger partial charge >= 0.3 is 6.03 Å². The molecule has 1 fully saturated rings. The van der Waals surface area contributed by atoms with Gasteiger partial charge in [-0.3, -0.25) is 19.3 Å². The Morgan fingerprint density at radius 1 is 1.19 bits per heavy atom. The first kappa shape index (κ1) is 21.6. The SMILES string of the molecule is CC(=O)c1c(C)[nH]c(C(=O)[C@@H](C)N2C(=O)N[C@@](C)(Cc3ccc4c(c3)OCO4)C2=O)c1C. The van der Waals surface area contributed by atoms with Crippen LogP contribution in [0.3, 0.4) is 0 Å². The number of urea groups is 1. The molecule has 0 radical (unpaired) electrons. The van der Waals surface area contributed by atoms with Crippen molar-refractivity contribution >= 4 is 23.5 Å². The number of ether oxygens (including phenoxy) is 2. The van der Waals surface area contributed by atoms with E-state index in [0.717, 1.165) is 10.5 Å². The molecule has 32 heavy (non-hydrogen) atoms. The number of H-pyrrole nitrogens is 1. The number of aromatic nitrogens is 1. The number of carbonyl (C=O) groups excluding carboxylic acids is 4. The molecule has 2 aliphatic heterocycles. The van der Waals surface area contributed by atoms with Gasteiger partial charge in [-0.05, 0) is 57.9 Å². The molecule has 2 aliphatic rings. The second-order valence-corrected chi connectivity index (χ2v) is 8.52. The molecular weight excluding hydrogens is 414 g/mol. The van der Waals surface area contributed by atoms with Crippen molar-refractivity contribution in [2.45, 2.75) is 52.6 Å². The molecule has 2 atom stereocenters. The van der Waals surface area contributed by atoms with Gasteiger partial charge in [0.25, 0.3) is 5.91 Å². The number of aryl methyl sites for hydroxylation is 1. The van der Waals surface area contributed by atoms with E-state index in [1.807, 2.05) is 6.07 Å². The van der Waals surface area contributed by atoms with Gasteiger partial charge in [0.15, 0.2) is 17.3 Å². The maximum absolute atomic E-state index is 13.3. The summed E-state index contributed by atoms with van der Waals surface area (Å²) in [5.41, 5.74) is 1.34. The first-order valence-corrected chi connectivity index (χ1v) is 10.3. The first-order chi connectivity index (χ1) is 15.0. The highest BCUT2D eigenvalue weighted by atomic mass is 16.7. The molecule has 1 saturated heterocycles. The van der Waals surface area contributed by atoms with E-state index in [0.29, 0.717) is 28.3 Å². The number of carbonyl (C=O) groups is 4. The number of fused-ring (bicyclic) bond motifs is 1. The van der Waals surface area contributed by atoms with Gasteiger partial charge in [0.1, 0.15) is 11.6 Å². The van der Waals surface area contributed by atoms with Gasteiger partial charge in [-0.1, -0.05) is 6.07 Å². The third-order valence-electron chi connectivity index (χ3n) is 6.09. The van der Waals surface area contributed by atoms with Gasteiger partial charge in [-0.15, -0.1) is 0 Å². The number of hydrogen-bond acceptors (Lipinski definition) is 6. The van der Waals surface area contributed by atoms with Crippen LogP contribution in [0.15, 0.2) is 18.2 Å². The Labute approximate surface area is 185 Å². The average Bonchev–Trinajstić information content (AvgIpc) is 3.35. The Kier molecular flexibility index (Phi) is 5.07. The monoisotopic (exact) mass is 439 g/mol. The number of Topliss-reactive ketones (excluding diaryl/α,β-unsaturated/α-hetero) is 2. The lowest BCUT2D eigenvalue weighted by molar-refractivity contribution is -0.131. The zero-order valence-electron chi connectivity index (χ0n) is 18.6. The van der Waals surface area contributed by atoms with Crippen LogP contribution in [0, 0.1) is 13.8 Å². The summed E-state index contributed by atoms with van der Waals surface area (Å²) >= 11 is 0. The van der Waals surface area contributed by atoms with Crippen LogP contribution in [-0.2, 0) is 11.2 Å². The van der Waals surface area contributed by atoms with Gasteiger partial charge < -0.3 is 19.8 Å². The Morgan fingerprint density at radius 3 is 2.53 bits per heavy atom. The van der Waals surface area contributed by atoms with Crippen LogP contribution in [0.1, 0.15) is 58.4 Å². The molecule has 2 N–H and O–H groups in total. The number of nitrogens with one attached hydrogen (secondary N) is 2. The van der Waals surface area contributed by atoms with Crippen LogP contribution < -0.4 is 14.8 Å². The minimum Gasteiger partial charge on any atom is -0.454 e. The Hall–Kier alpha value is -3.62. The summed E-state index contributed by atoms with van der Waals surface area (Å²) in [6, 6.07) is 3.67. The Balaban J connectivity index is 1.57. The number of nitrogens with zero attached hydrogens (tertiary/aromatic N) is 1. The van der Waals surface area contributed by atoms with Crippen molar-refractivity contribution < 1.29 is 28.7 Å². The van der Waals surface area contributed by atoms with Crippen molar-refractivity contribution in [3.05, 3.63) is 46.3 Å². The lowest BCUT2D eigenvalue weighted by Gasteiger charge is -2.24. The van der Waals surface area contributed by atoms with Crippen molar-refractivity contribution in [3.63, 3.8) is 0 Å². The number of amides is 3. The van der Waals surface area contributed by atoms with Crippen molar-refractivity contribution in [2.24, 2.45) is 0 Å². The number of hydrogen-bond donors (Lipinski definition) is 2. The topological polar surface area (TPSA) is 118 Å². The van der Waals surface area contributed by atoms with Crippen LogP contribution >= 0.6 is 0 Å². The summed E-state index contributed by atoms with van der Waals surface area (Å²) in [5.74, 6) is 0.127. The lowest BCUT2D eigenvalue weighted by Crippen LogP contribution is -2.48. The highest BCUT2D eigenvalue weighted by molar-refractivity contribution is 6.13. The van der Waals surface area contributed by atoms with Crippen molar-refractivity contribution in [1.82, 2.24) is 15.2 Å². The van der Waals surface area contributed by atoms with E-state index >= 15 is 0 Å². The lowest BCUT2D eigenvalue weighted by atomic mass is 9.92. The van der Waals surface area contributed by atoms with E-state index < -0.39 is 29.3 Å². The summed E-state index contributed by atoms with van der Waals surface area (Å²) < 4.78 is 10.7. The predicted octanol–water partition coefficient (Wildman–Crippen LogP) is 2.69. The number of aromatic amines is 1. The molecule has 4 rings (SSSR count). The first-order valence-electron chi connectivity index (χ1n) is 10.3. The smallest absolute Gasteiger partial charge is 0.325 e. The van der Waals surface area contributed by atoms with E-state index in [2.05, 4.69) is 10.3 Å². The van der Waals surface area contributed by atoms with E-state index in [4.69, 9.17) is 9.47 Å². The summed E-state index contributed by atoms with van der Waals surface area (Å²) in [4.78, 5) is 55.0.